The second kappa shape index (κ2) is 6.25. The minimum Gasteiger partial charge on any atom is -0.486 e. The van der Waals surface area contributed by atoms with E-state index in [-0.39, 0.29) is 0 Å². The summed E-state index contributed by atoms with van der Waals surface area (Å²) in [7, 11) is 0. The minimum absolute atomic E-state index is 0.608. The van der Waals surface area contributed by atoms with Crippen LogP contribution in [-0.2, 0) is 6.61 Å². The highest BCUT2D eigenvalue weighted by Gasteiger charge is 1.99. The Balaban J connectivity index is 1.91. The van der Waals surface area contributed by atoms with Crippen LogP contribution in [0.25, 0.3) is 0 Å². The number of rotatable bonds is 6. The maximum atomic E-state index is 5.68. The zero-order valence-electron chi connectivity index (χ0n) is 9.85. The fourth-order valence-corrected chi connectivity index (χ4v) is 2.03. The first kappa shape index (κ1) is 11.9. The SMILES string of the molecule is CCCNc1cncc(OCc2cccs2)c1. The number of nitrogens with one attached hydrogen (secondary N) is 1. The normalized spacial score (nSPS) is 10.2. The molecule has 4 heteroatoms. The van der Waals surface area contributed by atoms with Gasteiger partial charge in [-0.2, -0.15) is 0 Å². The van der Waals surface area contributed by atoms with Gasteiger partial charge in [0.15, 0.2) is 0 Å². The fraction of sp³-hybridized carbons (Fsp3) is 0.308. The second-order valence-corrected chi connectivity index (χ2v) is 4.74. The van der Waals surface area contributed by atoms with E-state index in [1.807, 2.05) is 18.3 Å². The molecule has 0 saturated carbocycles. The van der Waals surface area contributed by atoms with Gasteiger partial charge in [0.1, 0.15) is 12.4 Å². The summed E-state index contributed by atoms with van der Waals surface area (Å²) >= 11 is 1.70. The van der Waals surface area contributed by atoms with Gasteiger partial charge in [0.25, 0.3) is 0 Å². The van der Waals surface area contributed by atoms with Crippen LogP contribution in [0.2, 0.25) is 0 Å². The van der Waals surface area contributed by atoms with Crippen molar-refractivity contribution < 1.29 is 4.74 Å². The Morgan fingerprint density at radius 3 is 3.12 bits per heavy atom. The Morgan fingerprint density at radius 2 is 2.35 bits per heavy atom. The molecule has 0 saturated heterocycles. The predicted octanol–water partition coefficient (Wildman–Crippen LogP) is 3.54. The summed E-state index contributed by atoms with van der Waals surface area (Å²) in [6, 6.07) is 6.08. The molecule has 0 spiro atoms. The van der Waals surface area contributed by atoms with Crippen molar-refractivity contribution in [1.82, 2.24) is 4.98 Å². The van der Waals surface area contributed by atoms with Crippen LogP contribution < -0.4 is 10.1 Å². The van der Waals surface area contributed by atoms with Gasteiger partial charge < -0.3 is 10.1 Å². The van der Waals surface area contributed by atoms with Crippen molar-refractivity contribution in [2.24, 2.45) is 0 Å². The summed E-state index contributed by atoms with van der Waals surface area (Å²) in [6.07, 6.45) is 4.65. The van der Waals surface area contributed by atoms with E-state index in [2.05, 4.69) is 28.7 Å². The molecule has 0 aliphatic heterocycles. The van der Waals surface area contributed by atoms with Crippen LogP contribution in [0, 0.1) is 0 Å². The summed E-state index contributed by atoms with van der Waals surface area (Å²) in [5.74, 6) is 0.805. The van der Waals surface area contributed by atoms with Crippen LogP contribution >= 0.6 is 11.3 Å². The van der Waals surface area contributed by atoms with Gasteiger partial charge in [0.2, 0.25) is 0 Å². The van der Waals surface area contributed by atoms with E-state index in [1.54, 1.807) is 17.5 Å². The number of anilines is 1. The molecule has 0 atom stereocenters. The first-order valence-corrected chi connectivity index (χ1v) is 6.60. The maximum Gasteiger partial charge on any atom is 0.140 e. The number of hydrogen-bond donors (Lipinski definition) is 1. The molecule has 2 aromatic heterocycles. The Kier molecular flexibility index (Phi) is 4.38. The van der Waals surface area contributed by atoms with Crippen LogP contribution in [0.15, 0.2) is 36.0 Å². The second-order valence-electron chi connectivity index (χ2n) is 3.70. The van der Waals surface area contributed by atoms with Gasteiger partial charge in [-0.05, 0) is 17.9 Å². The third-order valence-electron chi connectivity index (χ3n) is 2.25. The lowest BCUT2D eigenvalue weighted by atomic mass is 10.3. The average molecular weight is 248 g/mol. The van der Waals surface area contributed by atoms with E-state index in [9.17, 15) is 0 Å². The molecule has 17 heavy (non-hydrogen) atoms. The monoisotopic (exact) mass is 248 g/mol. The summed E-state index contributed by atoms with van der Waals surface area (Å²) in [4.78, 5) is 5.37. The molecule has 0 aliphatic carbocycles. The van der Waals surface area contributed by atoms with Crippen molar-refractivity contribution in [1.29, 1.82) is 0 Å². The number of ether oxygens (including phenoxy) is 1. The minimum atomic E-state index is 0.608. The molecule has 1 N–H and O–H groups in total. The fourth-order valence-electron chi connectivity index (χ4n) is 1.41. The van der Waals surface area contributed by atoms with Gasteiger partial charge in [-0.15, -0.1) is 11.3 Å². The van der Waals surface area contributed by atoms with Crippen molar-refractivity contribution >= 4 is 17.0 Å². The van der Waals surface area contributed by atoms with E-state index < -0.39 is 0 Å². The predicted molar refractivity (Wildman–Crippen MR) is 71.7 cm³/mol. The third kappa shape index (κ3) is 3.75. The standard InChI is InChI=1S/C13H16N2OS/c1-2-5-15-11-7-12(9-14-8-11)16-10-13-4-3-6-17-13/h3-4,6-9,15H,2,5,10H2,1H3. The van der Waals surface area contributed by atoms with Gasteiger partial charge >= 0.3 is 0 Å². The molecule has 0 bridgehead atoms. The van der Waals surface area contributed by atoms with Gasteiger partial charge in [-0.1, -0.05) is 13.0 Å². The molecule has 2 heterocycles. The molecular weight excluding hydrogens is 232 g/mol. The molecule has 0 fully saturated rings. The molecule has 0 amide bonds. The highest BCUT2D eigenvalue weighted by molar-refractivity contribution is 7.09. The zero-order chi connectivity index (χ0) is 11.9. The van der Waals surface area contributed by atoms with Crippen LogP contribution in [0.1, 0.15) is 18.2 Å². The van der Waals surface area contributed by atoms with Gasteiger partial charge in [0.05, 0.1) is 18.1 Å². The van der Waals surface area contributed by atoms with E-state index in [4.69, 9.17) is 4.74 Å². The molecule has 0 aliphatic rings. The number of hydrogen-bond acceptors (Lipinski definition) is 4. The van der Waals surface area contributed by atoms with Crippen LogP contribution in [0.4, 0.5) is 5.69 Å². The first-order valence-electron chi connectivity index (χ1n) is 5.72. The Bertz CT molecular complexity index is 442. The smallest absolute Gasteiger partial charge is 0.140 e. The summed E-state index contributed by atoms with van der Waals surface area (Å²) in [5, 5.41) is 5.34. The lowest BCUT2D eigenvalue weighted by molar-refractivity contribution is 0.309. The summed E-state index contributed by atoms with van der Waals surface area (Å²) < 4.78 is 5.68. The van der Waals surface area contributed by atoms with E-state index in [1.165, 1.54) is 4.88 Å². The van der Waals surface area contributed by atoms with E-state index >= 15 is 0 Å². The van der Waals surface area contributed by atoms with Crippen molar-refractivity contribution in [3.63, 3.8) is 0 Å². The van der Waals surface area contributed by atoms with Gasteiger partial charge in [-0.25, -0.2) is 0 Å². The van der Waals surface area contributed by atoms with Crippen LogP contribution in [0.5, 0.6) is 5.75 Å². The lowest BCUT2D eigenvalue weighted by Gasteiger charge is -2.07. The van der Waals surface area contributed by atoms with Crippen molar-refractivity contribution in [2.75, 3.05) is 11.9 Å². The number of thiophene rings is 1. The third-order valence-corrected chi connectivity index (χ3v) is 3.10. The Labute approximate surface area is 105 Å². The molecule has 3 nitrogen and oxygen atoms in total. The average Bonchev–Trinajstić information content (AvgIpc) is 2.87. The molecule has 0 unspecified atom stereocenters. The quantitative estimate of drug-likeness (QED) is 0.849. The number of aromatic nitrogens is 1. The largest absolute Gasteiger partial charge is 0.486 e. The topological polar surface area (TPSA) is 34.2 Å². The molecule has 2 aromatic rings. The van der Waals surface area contributed by atoms with Crippen LogP contribution in [0.3, 0.4) is 0 Å². The van der Waals surface area contributed by atoms with Crippen molar-refractivity contribution in [3.8, 4) is 5.75 Å². The highest BCUT2D eigenvalue weighted by Crippen LogP contribution is 2.18. The molecule has 0 radical (unpaired) electrons. The summed E-state index contributed by atoms with van der Waals surface area (Å²) in [6.45, 7) is 3.70. The van der Waals surface area contributed by atoms with Gasteiger partial charge in [-0.3, -0.25) is 4.98 Å². The molecule has 90 valence electrons. The molecule has 2 rings (SSSR count). The highest BCUT2D eigenvalue weighted by atomic mass is 32.1. The molecule has 0 aromatic carbocycles. The van der Waals surface area contributed by atoms with E-state index in [0.717, 1.165) is 24.4 Å². The zero-order valence-corrected chi connectivity index (χ0v) is 10.7. The van der Waals surface area contributed by atoms with Crippen molar-refractivity contribution in [3.05, 3.63) is 40.8 Å². The lowest BCUT2D eigenvalue weighted by Crippen LogP contribution is -2.01. The summed E-state index contributed by atoms with van der Waals surface area (Å²) in [5.41, 5.74) is 1.01. The first-order chi connectivity index (χ1) is 8.38. The van der Waals surface area contributed by atoms with Gasteiger partial charge in [0, 0.05) is 17.5 Å². The van der Waals surface area contributed by atoms with Crippen LogP contribution in [-0.4, -0.2) is 11.5 Å². The Hall–Kier alpha value is -1.55. The number of nitrogens with zero attached hydrogens (tertiary/aromatic N) is 1. The Morgan fingerprint density at radius 1 is 1.41 bits per heavy atom. The van der Waals surface area contributed by atoms with E-state index in [0.29, 0.717) is 6.61 Å². The van der Waals surface area contributed by atoms with Crippen molar-refractivity contribution in [2.45, 2.75) is 20.0 Å². The maximum absolute atomic E-state index is 5.68. The number of pyridine rings is 1. The molecular formula is C13H16N2OS.